The van der Waals surface area contributed by atoms with Gasteiger partial charge in [-0.1, -0.05) is 35.8 Å². The van der Waals surface area contributed by atoms with E-state index < -0.39 is 38.9 Å². The Morgan fingerprint density at radius 2 is 1.91 bits per heavy atom. The summed E-state index contributed by atoms with van der Waals surface area (Å²) in [4.78, 5) is 12.2. The molecule has 1 fully saturated rings. The van der Waals surface area contributed by atoms with Gasteiger partial charge in [-0.2, -0.15) is 17.9 Å². The van der Waals surface area contributed by atoms with Crippen LogP contribution in [0.1, 0.15) is 24.7 Å². The average molecular weight is 507 g/mol. The molecular formula is C19H14ClF3N2O5S2. The number of hydrogen-bond acceptors (Lipinski definition) is 6. The summed E-state index contributed by atoms with van der Waals surface area (Å²) in [7, 11) is -4.32. The number of aromatic nitrogens is 1. The maximum absolute atomic E-state index is 13.0. The molecule has 2 heterocycles. The molecule has 0 bridgehead atoms. The zero-order chi connectivity index (χ0) is 23.5. The lowest BCUT2D eigenvalue weighted by atomic mass is 9.93. The van der Waals surface area contributed by atoms with Crippen molar-refractivity contribution in [3.63, 3.8) is 0 Å². The number of carbonyl (C=O) groups is 1. The van der Waals surface area contributed by atoms with Gasteiger partial charge in [0.25, 0.3) is 10.0 Å². The third-order valence-corrected chi connectivity index (χ3v) is 8.82. The summed E-state index contributed by atoms with van der Waals surface area (Å²) in [5.41, 5.74) is -2.40. The summed E-state index contributed by atoms with van der Waals surface area (Å²) in [5, 5.41) is 13.6. The van der Waals surface area contributed by atoms with Crippen molar-refractivity contribution in [2.24, 2.45) is 0 Å². The van der Waals surface area contributed by atoms with Crippen LogP contribution in [0.4, 0.5) is 13.2 Å². The van der Waals surface area contributed by atoms with E-state index in [0.717, 1.165) is 0 Å². The number of halogens is 4. The van der Waals surface area contributed by atoms with E-state index in [9.17, 15) is 31.5 Å². The fourth-order valence-corrected chi connectivity index (χ4v) is 6.40. The largest absolute Gasteiger partial charge is 0.480 e. The van der Waals surface area contributed by atoms with Crippen LogP contribution in [-0.4, -0.2) is 30.2 Å². The Bertz CT molecular complexity index is 1300. The van der Waals surface area contributed by atoms with Gasteiger partial charge < -0.3 is 9.63 Å². The van der Waals surface area contributed by atoms with E-state index in [1.165, 1.54) is 12.1 Å². The van der Waals surface area contributed by atoms with E-state index in [1.807, 2.05) is 0 Å². The highest BCUT2D eigenvalue weighted by Gasteiger charge is 2.72. The highest BCUT2D eigenvalue weighted by Crippen LogP contribution is 2.58. The van der Waals surface area contributed by atoms with Crippen LogP contribution in [0.3, 0.4) is 0 Å². The predicted molar refractivity (Wildman–Crippen MR) is 109 cm³/mol. The van der Waals surface area contributed by atoms with E-state index in [1.54, 1.807) is 31.2 Å². The molecule has 1 saturated carbocycles. The number of thiophene rings is 1. The summed E-state index contributed by atoms with van der Waals surface area (Å²) < 4.78 is 70.4. The molecular weight excluding hydrogens is 493 g/mol. The molecule has 170 valence electrons. The quantitative estimate of drug-likeness (QED) is 0.508. The number of nitrogens with zero attached hydrogens (tertiary/aromatic N) is 1. The molecule has 13 heteroatoms. The van der Waals surface area contributed by atoms with Crippen LogP contribution in [0.15, 0.2) is 51.2 Å². The number of hydrogen-bond donors (Lipinski definition) is 2. The van der Waals surface area contributed by atoms with Gasteiger partial charge in [0.2, 0.25) is 5.76 Å². The number of aliphatic carboxylic acids is 1. The molecule has 0 unspecified atom stereocenters. The van der Waals surface area contributed by atoms with Crippen molar-refractivity contribution >= 4 is 38.9 Å². The first-order valence-corrected chi connectivity index (χ1v) is 11.6. The Morgan fingerprint density at radius 3 is 2.47 bits per heavy atom. The van der Waals surface area contributed by atoms with Crippen LogP contribution in [-0.2, 0) is 26.4 Å². The smallest absolute Gasteiger partial charge is 0.452 e. The zero-order valence-corrected chi connectivity index (χ0v) is 18.5. The Balaban J connectivity index is 1.62. The third-order valence-electron chi connectivity index (χ3n) is 5.48. The maximum atomic E-state index is 13.0. The van der Waals surface area contributed by atoms with Gasteiger partial charge in [-0.3, -0.25) is 4.79 Å². The van der Waals surface area contributed by atoms with E-state index in [4.69, 9.17) is 11.6 Å². The van der Waals surface area contributed by atoms with E-state index in [-0.39, 0.29) is 21.2 Å². The second-order valence-electron chi connectivity index (χ2n) is 7.52. The second-order valence-corrected chi connectivity index (χ2v) is 11.0. The van der Waals surface area contributed by atoms with Crippen LogP contribution in [0.25, 0.3) is 10.6 Å². The predicted octanol–water partition coefficient (Wildman–Crippen LogP) is 4.54. The molecule has 0 spiro atoms. The van der Waals surface area contributed by atoms with Crippen molar-refractivity contribution in [1.82, 2.24) is 9.88 Å². The third kappa shape index (κ3) is 3.70. The zero-order valence-electron chi connectivity index (χ0n) is 16.1. The topological polar surface area (TPSA) is 110 Å². The van der Waals surface area contributed by atoms with Gasteiger partial charge in [0, 0.05) is 16.5 Å². The van der Waals surface area contributed by atoms with Crippen LogP contribution in [0.5, 0.6) is 0 Å². The first kappa shape index (κ1) is 22.8. The number of benzene rings is 1. The fraction of sp³-hybridized carbons (Fsp3) is 0.263. The van der Waals surface area contributed by atoms with Crippen molar-refractivity contribution in [2.45, 2.75) is 34.7 Å². The fourth-order valence-electron chi connectivity index (χ4n) is 3.56. The Morgan fingerprint density at radius 1 is 1.25 bits per heavy atom. The molecule has 4 rings (SSSR count). The minimum atomic E-state index is -4.73. The number of rotatable bonds is 6. The van der Waals surface area contributed by atoms with Crippen LogP contribution >= 0.6 is 22.9 Å². The summed E-state index contributed by atoms with van der Waals surface area (Å²) >= 11 is 6.53. The Kier molecular flexibility index (Phi) is 5.20. The highest BCUT2D eigenvalue weighted by molar-refractivity contribution is 7.91. The number of carboxylic acid groups (broad SMARTS) is 1. The normalized spacial score (nSPS) is 23.3. The number of nitrogens with one attached hydrogen (secondary N) is 1. The molecule has 0 aliphatic heterocycles. The van der Waals surface area contributed by atoms with Crippen molar-refractivity contribution in [2.75, 3.05) is 0 Å². The summed E-state index contributed by atoms with van der Waals surface area (Å²) in [6, 6.07) is 9.53. The van der Waals surface area contributed by atoms with Gasteiger partial charge in [0.15, 0.2) is 0 Å². The van der Waals surface area contributed by atoms with Crippen LogP contribution in [0.2, 0.25) is 5.02 Å². The first-order valence-electron chi connectivity index (χ1n) is 8.96. The molecule has 0 radical (unpaired) electrons. The number of alkyl halides is 3. The monoisotopic (exact) mass is 506 g/mol. The van der Waals surface area contributed by atoms with Gasteiger partial charge in [0.1, 0.15) is 15.4 Å². The van der Waals surface area contributed by atoms with Crippen molar-refractivity contribution in [1.29, 1.82) is 0 Å². The Labute approximate surface area is 188 Å². The van der Waals surface area contributed by atoms with E-state index in [0.29, 0.717) is 28.0 Å². The Hall–Kier alpha value is -2.41. The minimum absolute atomic E-state index is 0.00660. The molecule has 32 heavy (non-hydrogen) atoms. The van der Waals surface area contributed by atoms with Crippen molar-refractivity contribution < 1.29 is 36.0 Å². The lowest BCUT2D eigenvalue weighted by Crippen LogP contribution is -2.47. The summed E-state index contributed by atoms with van der Waals surface area (Å²) in [6.45, 7) is 1.63. The molecule has 2 atom stereocenters. The first-order chi connectivity index (χ1) is 14.8. The molecule has 1 aromatic carbocycles. The lowest BCUT2D eigenvalue weighted by molar-refractivity contribution is -0.155. The lowest BCUT2D eigenvalue weighted by Gasteiger charge is -2.20. The van der Waals surface area contributed by atoms with Gasteiger partial charge >= 0.3 is 12.1 Å². The van der Waals surface area contributed by atoms with E-state index >= 15 is 0 Å². The molecule has 1 aliphatic rings. The van der Waals surface area contributed by atoms with Gasteiger partial charge in [0.05, 0.1) is 4.88 Å². The van der Waals surface area contributed by atoms with Crippen molar-refractivity contribution in [3.05, 3.63) is 58.8 Å². The standard InChI is InChI=1S/C19H14ClF3N2O5S2/c1-17(10-2-4-11(20)5-3-10)9-18(17,16(26)27)25-32(28,29)15-7-6-13(31-15)12-8-14(30-24-12)19(21,22)23/h2-8,25H,9H2,1H3,(H,26,27)/t17-,18-/m1/s1. The van der Waals surface area contributed by atoms with E-state index in [2.05, 4.69) is 14.4 Å². The SMILES string of the molecule is C[C@]1(c2ccc(Cl)cc2)C[C@@]1(NS(=O)(=O)c1ccc(-c2cc(C(F)(F)F)on2)s1)C(=O)O. The maximum Gasteiger partial charge on any atom is 0.452 e. The van der Waals surface area contributed by atoms with Gasteiger partial charge in [-0.05, 0) is 36.2 Å². The van der Waals surface area contributed by atoms with Crippen LogP contribution < -0.4 is 4.72 Å². The average Bonchev–Trinajstić information content (AvgIpc) is 3.13. The molecule has 1 aliphatic carbocycles. The molecule has 2 aromatic heterocycles. The molecule has 7 nitrogen and oxygen atoms in total. The number of sulfonamides is 1. The summed E-state index contributed by atoms with van der Waals surface area (Å²) in [5.74, 6) is -2.66. The molecule has 2 N–H and O–H groups in total. The number of carboxylic acids is 1. The molecule has 3 aromatic rings. The molecule has 0 saturated heterocycles. The van der Waals surface area contributed by atoms with Gasteiger partial charge in [-0.25, -0.2) is 8.42 Å². The minimum Gasteiger partial charge on any atom is -0.480 e. The summed E-state index contributed by atoms with van der Waals surface area (Å²) in [6.07, 6.45) is -4.72. The molecule has 0 amide bonds. The van der Waals surface area contributed by atoms with Crippen molar-refractivity contribution in [3.8, 4) is 10.6 Å². The van der Waals surface area contributed by atoms with Gasteiger partial charge in [-0.15, -0.1) is 11.3 Å². The highest BCUT2D eigenvalue weighted by atomic mass is 35.5. The second kappa shape index (κ2) is 7.30. The van der Waals surface area contributed by atoms with Crippen LogP contribution in [0, 0.1) is 0 Å².